The maximum Gasteiger partial charge on any atom is 0.141 e. The van der Waals surface area contributed by atoms with E-state index in [-0.39, 0.29) is 10.5 Å². The van der Waals surface area contributed by atoms with Crippen molar-refractivity contribution < 1.29 is 8.78 Å². The molecule has 0 bridgehead atoms. The van der Waals surface area contributed by atoms with Crippen molar-refractivity contribution in [1.29, 1.82) is 10.5 Å². The first-order chi connectivity index (χ1) is 16.5. The number of hydrogen-bond donors (Lipinski definition) is 1. The van der Waals surface area contributed by atoms with Crippen LogP contribution in [0.4, 0.5) is 8.78 Å². The van der Waals surface area contributed by atoms with Gasteiger partial charge in [-0.1, -0.05) is 11.8 Å². The number of piperidine rings is 1. The Balaban J connectivity index is 1.64. The van der Waals surface area contributed by atoms with Crippen molar-refractivity contribution in [2.75, 3.05) is 13.1 Å². The van der Waals surface area contributed by atoms with Crippen LogP contribution in [0.25, 0.3) is 16.6 Å². The van der Waals surface area contributed by atoms with Crippen LogP contribution in [0.15, 0.2) is 46.6 Å². The number of halogens is 2. The van der Waals surface area contributed by atoms with Gasteiger partial charge < -0.3 is 5.32 Å². The van der Waals surface area contributed by atoms with Gasteiger partial charge in [-0.2, -0.15) is 20.7 Å². The lowest BCUT2D eigenvalue weighted by Crippen LogP contribution is -2.30. The first kappa shape index (κ1) is 22.1. The van der Waals surface area contributed by atoms with Gasteiger partial charge in [-0.25, -0.2) is 13.3 Å². The third-order valence-electron chi connectivity index (χ3n) is 6.05. The van der Waals surface area contributed by atoms with E-state index >= 15 is 0 Å². The quantitative estimate of drug-likeness (QED) is 0.463. The fraction of sp³-hybridized carbons (Fsp3) is 0.250. The zero-order valence-electron chi connectivity index (χ0n) is 18.2. The van der Waals surface area contributed by atoms with Crippen molar-refractivity contribution >= 4 is 17.3 Å². The molecule has 1 fully saturated rings. The minimum absolute atomic E-state index is 0.00448. The molecule has 10 heteroatoms. The first-order valence-electron chi connectivity index (χ1n) is 10.7. The number of hydrogen-bond acceptors (Lipinski definition) is 6. The molecule has 0 radical (unpaired) electrons. The average Bonchev–Trinajstić information content (AvgIpc) is 3.44. The molecule has 0 unspecified atom stereocenters. The van der Waals surface area contributed by atoms with E-state index in [1.54, 1.807) is 10.7 Å². The summed E-state index contributed by atoms with van der Waals surface area (Å²) in [5.74, 6) is -1.65. The number of fused-ring (bicyclic) bond motifs is 1. The van der Waals surface area contributed by atoms with Gasteiger partial charge in [0.2, 0.25) is 0 Å². The Kier molecular flexibility index (Phi) is 5.78. The zero-order valence-corrected chi connectivity index (χ0v) is 19.0. The van der Waals surface area contributed by atoms with Gasteiger partial charge >= 0.3 is 0 Å². The van der Waals surface area contributed by atoms with Gasteiger partial charge in [-0.15, -0.1) is 0 Å². The molecular formula is C24H19F2N7S. The smallest absolute Gasteiger partial charge is 0.141 e. The summed E-state index contributed by atoms with van der Waals surface area (Å²) in [6.45, 7) is 3.90. The van der Waals surface area contributed by atoms with Crippen LogP contribution in [0.5, 0.6) is 0 Å². The number of aromatic nitrogens is 4. The lowest BCUT2D eigenvalue weighted by Gasteiger charge is -2.24. The molecule has 170 valence electrons. The van der Waals surface area contributed by atoms with Crippen LogP contribution in [0, 0.1) is 41.2 Å². The van der Waals surface area contributed by atoms with Crippen molar-refractivity contribution in [2.45, 2.75) is 35.6 Å². The molecule has 4 heterocycles. The maximum absolute atomic E-state index is 14.7. The number of benzene rings is 1. The van der Waals surface area contributed by atoms with Crippen LogP contribution in [0.3, 0.4) is 0 Å². The molecule has 1 saturated heterocycles. The molecular weight excluding hydrogens is 456 g/mol. The van der Waals surface area contributed by atoms with E-state index < -0.39 is 11.6 Å². The molecule has 0 spiro atoms. The SMILES string of the molecule is Cc1c(-c2cc(Sc3c(F)cc(F)cc3C#N)c3c(C#N)cnn3c2)cnn1C1CCNCC1. The molecule has 0 amide bonds. The standard InChI is InChI=1S/C24H19F2N7S/c1-14-20(12-31-33(14)19-2-4-29-5-3-19)16-7-22(23-17(10-28)11-30-32(23)13-16)34-24-15(9-27)6-18(25)8-21(24)26/h6-8,11-13,19,29H,2-5H2,1H3. The fourth-order valence-corrected chi connectivity index (χ4v) is 5.45. The van der Waals surface area contributed by atoms with E-state index in [1.165, 1.54) is 6.20 Å². The van der Waals surface area contributed by atoms with Gasteiger partial charge in [-0.05, 0) is 45.0 Å². The molecule has 3 aromatic heterocycles. The van der Waals surface area contributed by atoms with Crippen LogP contribution in [0.1, 0.15) is 35.7 Å². The van der Waals surface area contributed by atoms with Crippen LogP contribution >= 0.6 is 11.8 Å². The van der Waals surface area contributed by atoms with Crippen LogP contribution < -0.4 is 5.32 Å². The Bertz CT molecular complexity index is 1490. The van der Waals surface area contributed by atoms with Gasteiger partial charge in [0.15, 0.2) is 0 Å². The average molecular weight is 476 g/mol. The second-order valence-electron chi connectivity index (χ2n) is 8.10. The number of nitrogens with zero attached hydrogens (tertiary/aromatic N) is 6. The Morgan fingerprint density at radius 3 is 2.56 bits per heavy atom. The Labute approximate surface area is 198 Å². The molecule has 1 aromatic carbocycles. The van der Waals surface area contributed by atoms with E-state index in [1.807, 2.05) is 29.9 Å². The second-order valence-corrected chi connectivity index (χ2v) is 9.16. The third kappa shape index (κ3) is 3.81. The van der Waals surface area contributed by atoms with Gasteiger partial charge in [0.05, 0.1) is 40.0 Å². The van der Waals surface area contributed by atoms with E-state index in [9.17, 15) is 19.3 Å². The van der Waals surface area contributed by atoms with E-state index in [2.05, 4.69) is 21.6 Å². The highest BCUT2D eigenvalue weighted by molar-refractivity contribution is 7.99. The fourth-order valence-electron chi connectivity index (χ4n) is 4.37. The molecule has 7 nitrogen and oxygen atoms in total. The Morgan fingerprint density at radius 2 is 1.82 bits per heavy atom. The molecule has 0 saturated carbocycles. The summed E-state index contributed by atoms with van der Waals surface area (Å²) in [7, 11) is 0. The molecule has 4 aromatic rings. The Morgan fingerprint density at radius 1 is 1.06 bits per heavy atom. The molecule has 1 aliphatic heterocycles. The summed E-state index contributed by atoms with van der Waals surface area (Å²) in [6, 6.07) is 7.87. The second kappa shape index (κ2) is 8.90. The van der Waals surface area contributed by atoms with Crippen molar-refractivity contribution in [2.24, 2.45) is 0 Å². The maximum atomic E-state index is 14.7. The van der Waals surface area contributed by atoms with Crippen LogP contribution in [0.2, 0.25) is 0 Å². The molecule has 0 aliphatic carbocycles. The van der Waals surface area contributed by atoms with Crippen molar-refractivity contribution in [3.05, 3.63) is 65.2 Å². The van der Waals surface area contributed by atoms with Gasteiger partial charge in [0.25, 0.3) is 0 Å². The normalized spacial score (nSPS) is 14.3. The summed E-state index contributed by atoms with van der Waals surface area (Å²) < 4.78 is 32.0. The van der Waals surface area contributed by atoms with Gasteiger partial charge in [0.1, 0.15) is 23.8 Å². The molecule has 1 aliphatic rings. The summed E-state index contributed by atoms with van der Waals surface area (Å²) in [4.78, 5) is 0.526. The molecule has 0 atom stereocenters. The highest BCUT2D eigenvalue weighted by atomic mass is 32.2. The van der Waals surface area contributed by atoms with Crippen molar-refractivity contribution in [3.63, 3.8) is 0 Å². The van der Waals surface area contributed by atoms with Crippen LogP contribution in [-0.4, -0.2) is 32.5 Å². The molecule has 1 N–H and O–H groups in total. The van der Waals surface area contributed by atoms with E-state index in [4.69, 9.17) is 0 Å². The first-order valence-corrected chi connectivity index (χ1v) is 11.6. The van der Waals surface area contributed by atoms with E-state index in [0.29, 0.717) is 22.0 Å². The number of nitriles is 2. The monoisotopic (exact) mass is 475 g/mol. The number of nitrogens with one attached hydrogen (secondary N) is 1. The number of pyridine rings is 1. The largest absolute Gasteiger partial charge is 0.317 e. The minimum atomic E-state index is -0.835. The van der Waals surface area contributed by atoms with Crippen molar-refractivity contribution in [1.82, 2.24) is 24.7 Å². The lowest BCUT2D eigenvalue weighted by atomic mass is 10.1. The number of rotatable bonds is 4. The van der Waals surface area contributed by atoms with E-state index in [0.717, 1.165) is 66.6 Å². The van der Waals surface area contributed by atoms with Gasteiger partial charge in [0, 0.05) is 34.0 Å². The topological polar surface area (TPSA) is 94.7 Å². The summed E-state index contributed by atoms with van der Waals surface area (Å²) in [5.41, 5.74) is 3.39. The van der Waals surface area contributed by atoms with Crippen molar-refractivity contribution in [3.8, 4) is 23.3 Å². The Hall–Kier alpha value is -3.73. The third-order valence-corrected chi connectivity index (χ3v) is 7.20. The summed E-state index contributed by atoms with van der Waals surface area (Å²) >= 11 is 0.976. The summed E-state index contributed by atoms with van der Waals surface area (Å²) in [6.07, 6.45) is 7.05. The lowest BCUT2D eigenvalue weighted by molar-refractivity contribution is 0.338. The summed E-state index contributed by atoms with van der Waals surface area (Å²) in [5, 5.41) is 31.3. The van der Waals surface area contributed by atoms with Crippen LogP contribution in [-0.2, 0) is 0 Å². The molecule has 5 rings (SSSR count). The van der Waals surface area contributed by atoms with Gasteiger partial charge in [-0.3, -0.25) is 4.68 Å². The highest BCUT2D eigenvalue weighted by Gasteiger charge is 2.22. The predicted molar refractivity (Wildman–Crippen MR) is 122 cm³/mol. The predicted octanol–water partition coefficient (Wildman–Crippen LogP) is 4.60. The molecule has 34 heavy (non-hydrogen) atoms. The minimum Gasteiger partial charge on any atom is -0.317 e. The highest BCUT2D eigenvalue weighted by Crippen LogP contribution is 2.39. The zero-order chi connectivity index (χ0) is 23.8.